The number of hydrogen-bond donors (Lipinski definition) is 0. The van der Waals surface area contributed by atoms with E-state index in [1.165, 1.54) is 12.1 Å². The van der Waals surface area contributed by atoms with Crippen molar-refractivity contribution >= 4 is 20.6 Å². The van der Waals surface area contributed by atoms with Crippen LogP contribution in [0.3, 0.4) is 0 Å². The lowest BCUT2D eigenvalue weighted by molar-refractivity contribution is -0.0855. The second kappa shape index (κ2) is 4.01. The van der Waals surface area contributed by atoms with Gasteiger partial charge in [0.05, 0.1) is 4.90 Å². The smallest absolute Gasteiger partial charge is 0.282 e. The Balaban J connectivity index is 3.02. The summed E-state index contributed by atoms with van der Waals surface area (Å²) in [6.07, 6.45) is 0. The zero-order chi connectivity index (χ0) is 9.90. The summed E-state index contributed by atoms with van der Waals surface area (Å²) in [4.78, 5) is 0.106. The van der Waals surface area contributed by atoms with Gasteiger partial charge in [-0.15, -0.1) is 4.33 Å². The molecule has 0 fully saturated rings. The molecule has 0 aliphatic rings. The van der Waals surface area contributed by atoms with Crippen molar-refractivity contribution in [2.45, 2.75) is 11.8 Å². The Hall–Kier alpha value is -0.693. The standard InChI is InChI=1S/C7H10O4SSi/c1-6-2-4-7(5-3-6)12(8,9)10-11-13/h2-5H,1,13H3. The van der Waals surface area contributed by atoms with E-state index < -0.39 is 10.1 Å². The van der Waals surface area contributed by atoms with Crippen LogP contribution in [0.4, 0.5) is 0 Å². The van der Waals surface area contributed by atoms with E-state index in [1.807, 2.05) is 6.92 Å². The van der Waals surface area contributed by atoms with E-state index in [4.69, 9.17) is 0 Å². The first kappa shape index (κ1) is 10.4. The van der Waals surface area contributed by atoms with Crippen molar-refractivity contribution in [3.63, 3.8) is 0 Å². The third-order valence-electron chi connectivity index (χ3n) is 1.47. The lowest BCUT2D eigenvalue weighted by Gasteiger charge is -2.01. The van der Waals surface area contributed by atoms with Crippen LogP contribution in [0.5, 0.6) is 0 Å². The first-order chi connectivity index (χ1) is 6.06. The predicted molar refractivity (Wildman–Crippen MR) is 50.5 cm³/mol. The van der Waals surface area contributed by atoms with E-state index in [2.05, 4.69) is 8.91 Å². The van der Waals surface area contributed by atoms with Crippen molar-refractivity contribution in [3.05, 3.63) is 29.8 Å². The monoisotopic (exact) mass is 218 g/mol. The van der Waals surface area contributed by atoms with Crippen LogP contribution >= 0.6 is 0 Å². The molecule has 1 aromatic rings. The molecule has 0 atom stereocenters. The molecule has 0 aliphatic carbocycles. The molecule has 0 N–H and O–H groups in total. The molecule has 0 amide bonds. The molecule has 0 aliphatic heterocycles. The fourth-order valence-corrected chi connectivity index (χ4v) is 2.10. The number of rotatable bonds is 3. The highest BCUT2D eigenvalue weighted by atomic mass is 32.2. The first-order valence-corrected chi connectivity index (χ1v) is 5.83. The molecule has 6 heteroatoms. The van der Waals surface area contributed by atoms with Crippen LogP contribution in [0.15, 0.2) is 29.2 Å². The summed E-state index contributed by atoms with van der Waals surface area (Å²) in [5, 5.41) is 0. The summed E-state index contributed by atoms with van der Waals surface area (Å²) in [6, 6.07) is 6.35. The average molecular weight is 218 g/mol. The Morgan fingerprint density at radius 2 is 1.77 bits per heavy atom. The van der Waals surface area contributed by atoms with Crippen LogP contribution in [-0.4, -0.2) is 18.9 Å². The lowest BCUT2D eigenvalue weighted by Crippen LogP contribution is -2.05. The van der Waals surface area contributed by atoms with Gasteiger partial charge in [-0.3, -0.25) is 4.58 Å². The maximum absolute atomic E-state index is 11.2. The van der Waals surface area contributed by atoms with E-state index in [0.29, 0.717) is 0 Å². The number of benzene rings is 1. The summed E-state index contributed by atoms with van der Waals surface area (Å²) in [5.41, 5.74) is 0.991. The molecular formula is C7H10O4SSi. The van der Waals surface area contributed by atoms with Crippen LogP contribution in [0.25, 0.3) is 0 Å². The number of hydrogen-bond acceptors (Lipinski definition) is 4. The molecule has 72 valence electrons. The van der Waals surface area contributed by atoms with Crippen molar-refractivity contribution in [3.8, 4) is 0 Å². The Labute approximate surface area is 80.1 Å². The molecule has 0 unspecified atom stereocenters. The van der Waals surface area contributed by atoms with Crippen molar-refractivity contribution in [2.75, 3.05) is 0 Å². The molecule has 0 saturated heterocycles. The molecular weight excluding hydrogens is 208 g/mol. The summed E-state index contributed by atoms with van der Waals surface area (Å²) in [5.74, 6) is 0. The van der Waals surface area contributed by atoms with Gasteiger partial charge in [-0.25, -0.2) is 0 Å². The maximum Gasteiger partial charge on any atom is 0.322 e. The topological polar surface area (TPSA) is 52.6 Å². The molecule has 4 nitrogen and oxygen atoms in total. The van der Waals surface area contributed by atoms with Gasteiger partial charge in [0.25, 0.3) is 0 Å². The third-order valence-corrected chi connectivity index (χ3v) is 3.04. The Morgan fingerprint density at radius 1 is 1.23 bits per heavy atom. The van der Waals surface area contributed by atoms with Crippen LogP contribution in [0.2, 0.25) is 0 Å². The highest BCUT2D eigenvalue weighted by Gasteiger charge is 2.14. The molecule has 0 saturated carbocycles. The van der Waals surface area contributed by atoms with Gasteiger partial charge in [-0.2, -0.15) is 8.42 Å². The van der Waals surface area contributed by atoms with Gasteiger partial charge < -0.3 is 0 Å². The number of aryl methyl sites for hydroxylation is 1. The minimum atomic E-state index is -3.71. The van der Waals surface area contributed by atoms with Crippen LogP contribution in [-0.2, 0) is 19.0 Å². The molecule has 0 heterocycles. The van der Waals surface area contributed by atoms with Gasteiger partial charge >= 0.3 is 10.1 Å². The predicted octanol–water partition coefficient (Wildman–Crippen LogP) is -0.0877. The van der Waals surface area contributed by atoms with E-state index in [9.17, 15) is 8.42 Å². The Kier molecular flexibility index (Phi) is 3.20. The van der Waals surface area contributed by atoms with Crippen molar-refractivity contribution in [2.24, 2.45) is 0 Å². The van der Waals surface area contributed by atoms with Crippen LogP contribution in [0, 0.1) is 6.92 Å². The third kappa shape index (κ3) is 2.63. The SMILES string of the molecule is Cc1ccc(S(=O)(=O)OO[SiH3])cc1. The van der Waals surface area contributed by atoms with E-state index >= 15 is 0 Å². The Bertz CT molecular complexity index is 370. The van der Waals surface area contributed by atoms with E-state index in [0.717, 1.165) is 5.56 Å². The molecule has 0 bridgehead atoms. The van der Waals surface area contributed by atoms with Gasteiger partial charge in [0.15, 0.2) is 10.5 Å². The normalized spacial score (nSPS) is 11.8. The minimum absolute atomic E-state index is 0.106. The van der Waals surface area contributed by atoms with Gasteiger partial charge in [0.2, 0.25) is 0 Å². The largest absolute Gasteiger partial charge is 0.322 e. The van der Waals surface area contributed by atoms with Gasteiger partial charge in [0.1, 0.15) is 0 Å². The molecule has 13 heavy (non-hydrogen) atoms. The van der Waals surface area contributed by atoms with Crippen molar-refractivity contribution in [1.29, 1.82) is 0 Å². The summed E-state index contributed by atoms with van der Waals surface area (Å²) in [6.45, 7) is 1.88. The van der Waals surface area contributed by atoms with Gasteiger partial charge in [0, 0.05) is 0 Å². The second-order valence-electron chi connectivity index (χ2n) is 2.50. The molecule has 0 radical (unpaired) electrons. The molecule has 0 aromatic heterocycles. The van der Waals surface area contributed by atoms with Gasteiger partial charge in [-0.1, -0.05) is 17.7 Å². The minimum Gasteiger partial charge on any atom is -0.282 e. The van der Waals surface area contributed by atoms with Crippen LogP contribution < -0.4 is 0 Å². The summed E-state index contributed by atoms with van der Waals surface area (Å²) < 4.78 is 30.9. The second-order valence-corrected chi connectivity index (χ2v) is 4.35. The zero-order valence-corrected chi connectivity index (χ0v) is 10.2. The fourth-order valence-electron chi connectivity index (χ4n) is 0.834. The first-order valence-electron chi connectivity index (χ1n) is 3.60. The summed E-state index contributed by atoms with van der Waals surface area (Å²) >= 11 is 0. The van der Waals surface area contributed by atoms with Crippen LogP contribution in [0.1, 0.15) is 5.56 Å². The van der Waals surface area contributed by atoms with E-state index in [-0.39, 0.29) is 15.4 Å². The molecule has 1 rings (SSSR count). The fraction of sp³-hybridized carbons (Fsp3) is 0.143. The lowest BCUT2D eigenvalue weighted by atomic mass is 10.2. The highest BCUT2D eigenvalue weighted by Crippen LogP contribution is 2.12. The maximum atomic E-state index is 11.2. The molecule has 1 aromatic carbocycles. The van der Waals surface area contributed by atoms with Gasteiger partial charge in [-0.05, 0) is 19.1 Å². The van der Waals surface area contributed by atoms with Crippen molar-refractivity contribution in [1.82, 2.24) is 0 Å². The van der Waals surface area contributed by atoms with Crippen molar-refractivity contribution < 1.29 is 17.3 Å². The highest BCUT2D eigenvalue weighted by molar-refractivity contribution is 7.86. The average Bonchev–Trinajstić information content (AvgIpc) is 2.05. The quantitative estimate of drug-likeness (QED) is 0.404. The summed E-state index contributed by atoms with van der Waals surface area (Å²) in [7, 11) is -3.50. The Morgan fingerprint density at radius 3 is 2.23 bits per heavy atom. The molecule has 0 spiro atoms. The van der Waals surface area contributed by atoms with E-state index in [1.54, 1.807) is 12.1 Å². The zero-order valence-electron chi connectivity index (χ0n) is 7.35.